The molecule has 0 N–H and O–H groups in total. The van der Waals surface area contributed by atoms with Crippen LogP contribution in [-0.2, 0) is 15.9 Å². The van der Waals surface area contributed by atoms with E-state index < -0.39 is 0 Å². The van der Waals surface area contributed by atoms with E-state index in [1.54, 1.807) is 6.21 Å². The highest BCUT2D eigenvalue weighted by Gasteiger charge is 2.25. The summed E-state index contributed by atoms with van der Waals surface area (Å²) in [6.07, 6.45) is 1.68. The second kappa shape index (κ2) is 9.51. The van der Waals surface area contributed by atoms with Crippen LogP contribution in [0.25, 0.3) is 0 Å². The molecule has 0 aliphatic carbocycles. The third kappa shape index (κ3) is 5.70. The zero-order chi connectivity index (χ0) is 23.7. The summed E-state index contributed by atoms with van der Waals surface area (Å²) in [5.74, 6) is 0.0218. The second-order valence-corrected chi connectivity index (χ2v) is 11.7. The quantitative estimate of drug-likeness (QED) is 0.339. The Morgan fingerprint density at radius 2 is 1.47 bits per heavy atom. The standard InChI is InChI=1S/C27H28Cl2NOS/c1-26(2,3)18-14-17(24(31)19(15-18)27(4,5)6)16-30-22-12-7-8-13-23(22)32-25-20(28)10-9-11-21(25)29/h7-16H,1-6H3. The number of hydrogen-bond donors (Lipinski definition) is 0. The van der Waals surface area contributed by atoms with Crippen molar-refractivity contribution in [3.63, 3.8) is 0 Å². The lowest BCUT2D eigenvalue weighted by Gasteiger charge is -2.26. The summed E-state index contributed by atoms with van der Waals surface area (Å²) >= 11 is 14.2. The maximum Gasteiger partial charge on any atom is 0.191 e. The van der Waals surface area contributed by atoms with Crippen LogP contribution < -0.4 is 0 Å². The summed E-state index contributed by atoms with van der Waals surface area (Å²) in [4.78, 5) is 6.40. The molecular weight excluding hydrogens is 457 g/mol. The van der Waals surface area contributed by atoms with Crippen molar-refractivity contribution in [1.82, 2.24) is 0 Å². The van der Waals surface area contributed by atoms with Crippen molar-refractivity contribution in [2.45, 2.75) is 62.2 Å². The number of hydrogen-bond acceptors (Lipinski definition) is 2. The first-order valence-electron chi connectivity index (χ1n) is 10.5. The van der Waals surface area contributed by atoms with E-state index in [1.165, 1.54) is 11.8 Å². The number of aliphatic imine (C=N–C) groups is 1. The molecule has 3 aromatic rings. The Labute approximate surface area is 205 Å². The Morgan fingerprint density at radius 1 is 0.844 bits per heavy atom. The van der Waals surface area contributed by atoms with Crippen LogP contribution in [0.3, 0.4) is 0 Å². The average Bonchev–Trinajstić information content (AvgIpc) is 2.69. The maximum atomic E-state index is 13.2. The van der Waals surface area contributed by atoms with E-state index in [0.29, 0.717) is 15.6 Å². The van der Waals surface area contributed by atoms with Crippen LogP contribution in [0.5, 0.6) is 5.75 Å². The summed E-state index contributed by atoms with van der Waals surface area (Å²) in [6, 6.07) is 17.2. The van der Waals surface area contributed by atoms with E-state index >= 15 is 0 Å². The number of para-hydroxylation sites is 1. The smallest absolute Gasteiger partial charge is 0.191 e. The third-order valence-corrected chi connectivity index (χ3v) is 7.19. The highest BCUT2D eigenvalue weighted by Crippen LogP contribution is 2.42. The summed E-state index contributed by atoms with van der Waals surface area (Å²) < 4.78 is 0. The Balaban J connectivity index is 2.05. The van der Waals surface area contributed by atoms with Gasteiger partial charge in [0.2, 0.25) is 0 Å². The van der Waals surface area contributed by atoms with Gasteiger partial charge in [0, 0.05) is 27.1 Å². The zero-order valence-electron chi connectivity index (χ0n) is 19.3. The topological polar surface area (TPSA) is 32.3 Å². The van der Waals surface area contributed by atoms with Crippen LogP contribution in [0.15, 0.2) is 69.4 Å². The van der Waals surface area contributed by atoms with Crippen molar-refractivity contribution in [2.75, 3.05) is 0 Å². The fraction of sp³-hybridized carbons (Fsp3) is 0.296. The van der Waals surface area contributed by atoms with Gasteiger partial charge in [-0.1, -0.05) is 101 Å². The van der Waals surface area contributed by atoms with Crippen LogP contribution in [0.4, 0.5) is 5.69 Å². The molecule has 167 valence electrons. The van der Waals surface area contributed by atoms with Crippen LogP contribution in [0, 0.1) is 0 Å². The molecule has 3 rings (SSSR count). The summed E-state index contributed by atoms with van der Waals surface area (Å²) in [5, 5.41) is 14.4. The molecule has 0 saturated heterocycles. The zero-order valence-corrected chi connectivity index (χ0v) is 21.6. The van der Waals surface area contributed by atoms with Gasteiger partial charge in [0.25, 0.3) is 0 Å². The van der Waals surface area contributed by atoms with Crippen molar-refractivity contribution in [1.29, 1.82) is 0 Å². The first-order chi connectivity index (χ1) is 14.9. The minimum Gasteiger partial charge on any atom is -0.289 e. The Kier molecular flexibility index (Phi) is 7.34. The summed E-state index contributed by atoms with van der Waals surface area (Å²) in [6.45, 7) is 12.7. The van der Waals surface area contributed by atoms with Gasteiger partial charge in [0.05, 0.1) is 15.7 Å². The molecule has 2 nitrogen and oxygen atoms in total. The lowest BCUT2D eigenvalue weighted by Crippen LogP contribution is -2.17. The van der Waals surface area contributed by atoms with E-state index in [1.807, 2.05) is 54.6 Å². The molecule has 0 amide bonds. The molecule has 0 fully saturated rings. The number of nitrogens with zero attached hydrogens (tertiary/aromatic N) is 1. The van der Waals surface area contributed by atoms with Gasteiger partial charge in [-0.3, -0.25) is 10.1 Å². The van der Waals surface area contributed by atoms with E-state index in [0.717, 1.165) is 26.6 Å². The van der Waals surface area contributed by atoms with E-state index in [2.05, 4.69) is 41.5 Å². The molecule has 0 saturated carbocycles. The summed E-state index contributed by atoms with van der Waals surface area (Å²) in [5.41, 5.74) is 2.94. The molecule has 0 spiro atoms. The molecule has 0 atom stereocenters. The Morgan fingerprint density at radius 3 is 2.06 bits per heavy atom. The van der Waals surface area contributed by atoms with Crippen molar-refractivity contribution in [2.24, 2.45) is 4.99 Å². The number of rotatable bonds is 4. The molecule has 5 heteroatoms. The first-order valence-corrected chi connectivity index (χ1v) is 12.1. The number of halogens is 2. The van der Waals surface area contributed by atoms with Gasteiger partial charge < -0.3 is 0 Å². The predicted octanol–water partition coefficient (Wildman–Crippen LogP) is 9.63. The minimum absolute atomic E-state index is 0.0218. The SMILES string of the molecule is CC(C)(C)c1cc(C=Nc2ccccc2Sc2c(Cl)cccc2Cl)c([O])c(C(C)(C)C)c1. The van der Waals surface area contributed by atoms with Gasteiger partial charge in [-0.15, -0.1) is 0 Å². The first kappa shape index (κ1) is 24.7. The second-order valence-electron chi connectivity index (χ2n) is 9.82. The van der Waals surface area contributed by atoms with Crippen LogP contribution in [-0.4, -0.2) is 6.21 Å². The van der Waals surface area contributed by atoms with Gasteiger partial charge in [0.1, 0.15) is 0 Å². The highest BCUT2D eigenvalue weighted by atomic mass is 35.5. The summed E-state index contributed by atoms with van der Waals surface area (Å²) in [7, 11) is 0. The van der Waals surface area contributed by atoms with Crippen molar-refractivity contribution >= 4 is 46.9 Å². The van der Waals surface area contributed by atoms with Crippen molar-refractivity contribution < 1.29 is 5.11 Å². The molecule has 0 aliphatic heterocycles. The van der Waals surface area contributed by atoms with E-state index in [-0.39, 0.29) is 16.6 Å². The van der Waals surface area contributed by atoms with Gasteiger partial charge in [-0.25, -0.2) is 0 Å². The molecule has 0 aromatic heterocycles. The monoisotopic (exact) mass is 484 g/mol. The molecule has 0 aliphatic rings. The molecule has 32 heavy (non-hydrogen) atoms. The molecular formula is C27H28Cl2NOS. The van der Waals surface area contributed by atoms with Gasteiger partial charge in [0.15, 0.2) is 5.75 Å². The van der Waals surface area contributed by atoms with Crippen molar-refractivity contribution in [3.8, 4) is 5.75 Å². The predicted molar refractivity (Wildman–Crippen MR) is 138 cm³/mol. The molecule has 0 heterocycles. The van der Waals surface area contributed by atoms with Crippen LogP contribution in [0.1, 0.15) is 58.2 Å². The van der Waals surface area contributed by atoms with Gasteiger partial charge >= 0.3 is 0 Å². The van der Waals surface area contributed by atoms with Crippen LogP contribution in [0.2, 0.25) is 10.0 Å². The van der Waals surface area contributed by atoms with E-state index in [4.69, 9.17) is 28.2 Å². The highest BCUT2D eigenvalue weighted by molar-refractivity contribution is 7.99. The Bertz CT molecular complexity index is 1140. The van der Waals surface area contributed by atoms with Crippen molar-refractivity contribution in [3.05, 3.63) is 81.3 Å². The largest absolute Gasteiger partial charge is 0.289 e. The van der Waals surface area contributed by atoms with Gasteiger partial charge in [-0.05, 0) is 46.7 Å². The lowest BCUT2D eigenvalue weighted by atomic mass is 9.79. The van der Waals surface area contributed by atoms with Crippen LogP contribution >= 0.6 is 35.0 Å². The Hall–Kier alpha value is -1.94. The molecule has 0 unspecified atom stereocenters. The normalized spacial score (nSPS) is 12.5. The minimum atomic E-state index is -0.254. The molecule has 3 aromatic carbocycles. The molecule has 0 bridgehead atoms. The van der Waals surface area contributed by atoms with Gasteiger partial charge in [-0.2, -0.15) is 0 Å². The lowest BCUT2D eigenvalue weighted by molar-refractivity contribution is 0.339. The fourth-order valence-corrected chi connectivity index (χ4v) is 4.77. The maximum absolute atomic E-state index is 13.2. The average molecular weight is 486 g/mol. The van der Waals surface area contributed by atoms with E-state index in [9.17, 15) is 5.11 Å². The molecule has 1 radical (unpaired) electrons. The number of benzene rings is 3. The third-order valence-electron chi connectivity index (χ3n) is 5.13. The fourth-order valence-electron chi connectivity index (χ4n) is 3.22.